The summed E-state index contributed by atoms with van der Waals surface area (Å²) in [5.74, 6) is 0.636. The second-order valence-electron chi connectivity index (χ2n) is 6.15. The first-order valence-corrected chi connectivity index (χ1v) is 8.12. The molecule has 0 aromatic heterocycles. The van der Waals surface area contributed by atoms with E-state index in [4.69, 9.17) is 4.74 Å². The van der Waals surface area contributed by atoms with Crippen LogP contribution >= 0.6 is 0 Å². The van der Waals surface area contributed by atoms with Gasteiger partial charge in [-0.25, -0.2) is 4.79 Å². The van der Waals surface area contributed by atoms with E-state index in [1.807, 2.05) is 24.3 Å². The number of carbonyl (C=O) groups excluding carboxylic acids is 2. The summed E-state index contributed by atoms with van der Waals surface area (Å²) >= 11 is 0. The molecule has 1 saturated carbocycles. The van der Waals surface area contributed by atoms with Crippen LogP contribution in [-0.2, 0) is 10.3 Å². The predicted octanol–water partition coefficient (Wildman–Crippen LogP) is 3.46. The van der Waals surface area contributed by atoms with E-state index in [0.717, 1.165) is 24.2 Å². The van der Waals surface area contributed by atoms with E-state index < -0.39 is 0 Å². The molecule has 3 N–H and O–H groups in total. The number of benzene rings is 2. The summed E-state index contributed by atoms with van der Waals surface area (Å²) < 4.78 is 5.17. The van der Waals surface area contributed by atoms with Crippen molar-refractivity contribution < 1.29 is 14.3 Å². The van der Waals surface area contributed by atoms with E-state index in [1.165, 1.54) is 6.92 Å². The molecule has 2 aromatic carbocycles. The summed E-state index contributed by atoms with van der Waals surface area (Å²) in [4.78, 5) is 23.5. The fraction of sp³-hybridized carbons (Fsp3) is 0.263. The summed E-state index contributed by atoms with van der Waals surface area (Å²) in [6, 6.07) is 14.5. The summed E-state index contributed by atoms with van der Waals surface area (Å²) in [5, 5.41) is 8.56. The van der Waals surface area contributed by atoms with Crippen molar-refractivity contribution in [1.82, 2.24) is 5.32 Å². The SMILES string of the molecule is COc1ccc(C2(NC(=O)Nc3cccc(NC(C)=O)c3)CC2)cc1. The third-order valence-corrected chi connectivity index (χ3v) is 4.19. The first-order valence-electron chi connectivity index (χ1n) is 8.12. The van der Waals surface area contributed by atoms with Crippen LogP contribution in [-0.4, -0.2) is 19.0 Å². The van der Waals surface area contributed by atoms with Gasteiger partial charge in [-0.1, -0.05) is 18.2 Å². The largest absolute Gasteiger partial charge is 0.497 e. The van der Waals surface area contributed by atoms with Crippen LogP contribution in [0.3, 0.4) is 0 Å². The van der Waals surface area contributed by atoms with Gasteiger partial charge in [-0.2, -0.15) is 0 Å². The van der Waals surface area contributed by atoms with Crippen LogP contribution in [0.25, 0.3) is 0 Å². The minimum atomic E-state index is -0.314. The van der Waals surface area contributed by atoms with Gasteiger partial charge in [0.2, 0.25) is 5.91 Å². The van der Waals surface area contributed by atoms with Crippen LogP contribution in [0.1, 0.15) is 25.3 Å². The fourth-order valence-electron chi connectivity index (χ4n) is 2.78. The average Bonchev–Trinajstić information content (AvgIpc) is 3.35. The lowest BCUT2D eigenvalue weighted by molar-refractivity contribution is -0.114. The lowest BCUT2D eigenvalue weighted by Crippen LogP contribution is -2.38. The molecule has 1 aliphatic carbocycles. The molecule has 6 heteroatoms. The van der Waals surface area contributed by atoms with Gasteiger partial charge in [0.1, 0.15) is 5.75 Å². The van der Waals surface area contributed by atoms with Gasteiger partial charge < -0.3 is 20.7 Å². The zero-order chi connectivity index (χ0) is 17.9. The maximum Gasteiger partial charge on any atom is 0.319 e. The Labute approximate surface area is 146 Å². The number of hydrogen-bond donors (Lipinski definition) is 3. The molecule has 0 radical (unpaired) electrons. The maximum atomic E-state index is 12.4. The number of urea groups is 1. The molecule has 0 heterocycles. The van der Waals surface area contributed by atoms with Crippen LogP contribution in [0.4, 0.5) is 16.2 Å². The van der Waals surface area contributed by atoms with Gasteiger partial charge in [0.05, 0.1) is 12.6 Å². The Balaban J connectivity index is 1.65. The van der Waals surface area contributed by atoms with Gasteiger partial charge in [-0.05, 0) is 48.7 Å². The molecule has 0 unspecified atom stereocenters. The van der Waals surface area contributed by atoms with Crippen LogP contribution in [0.2, 0.25) is 0 Å². The molecule has 0 saturated heterocycles. The van der Waals surface area contributed by atoms with Crippen LogP contribution in [0.5, 0.6) is 5.75 Å². The summed E-state index contributed by atoms with van der Waals surface area (Å²) in [5.41, 5.74) is 2.01. The minimum absolute atomic E-state index is 0.155. The Bertz CT molecular complexity index is 783. The zero-order valence-electron chi connectivity index (χ0n) is 14.3. The molecule has 2 aromatic rings. The highest BCUT2D eigenvalue weighted by Gasteiger charge is 2.45. The molecule has 0 spiro atoms. The van der Waals surface area contributed by atoms with Gasteiger partial charge >= 0.3 is 6.03 Å². The average molecular weight is 339 g/mol. The molecule has 1 aliphatic rings. The van der Waals surface area contributed by atoms with Crippen molar-refractivity contribution in [3.63, 3.8) is 0 Å². The Hall–Kier alpha value is -3.02. The van der Waals surface area contributed by atoms with Gasteiger partial charge in [0, 0.05) is 18.3 Å². The molecule has 0 bridgehead atoms. The molecule has 1 fully saturated rings. The number of anilines is 2. The standard InChI is InChI=1S/C19H21N3O3/c1-13(23)20-15-4-3-5-16(12-15)21-18(24)22-19(10-11-19)14-6-8-17(25-2)9-7-14/h3-9,12H,10-11H2,1-2H3,(H,20,23)(H2,21,22,24). The lowest BCUT2D eigenvalue weighted by atomic mass is 10.1. The Morgan fingerprint density at radius 2 is 1.64 bits per heavy atom. The highest BCUT2D eigenvalue weighted by atomic mass is 16.5. The van der Waals surface area contributed by atoms with Crippen LogP contribution in [0.15, 0.2) is 48.5 Å². The van der Waals surface area contributed by atoms with Crippen LogP contribution in [0, 0.1) is 0 Å². The molecule has 0 atom stereocenters. The summed E-state index contributed by atoms with van der Waals surface area (Å²) in [6.07, 6.45) is 1.80. The van der Waals surface area contributed by atoms with E-state index in [0.29, 0.717) is 11.4 Å². The second-order valence-corrected chi connectivity index (χ2v) is 6.15. The molecule has 130 valence electrons. The van der Waals surface area contributed by atoms with Crippen LogP contribution < -0.4 is 20.7 Å². The van der Waals surface area contributed by atoms with Gasteiger partial charge in [0.25, 0.3) is 0 Å². The van der Waals surface area contributed by atoms with Crippen molar-refractivity contribution in [2.24, 2.45) is 0 Å². The number of rotatable bonds is 5. The smallest absolute Gasteiger partial charge is 0.319 e. The first kappa shape index (κ1) is 16.8. The van der Waals surface area contributed by atoms with E-state index in [1.54, 1.807) is 31.4 Å². The highest BCUT2D eigenvalue weighted by molar-refractivity contribution is 5.93. The van der Waals surface area contributed by atoms with Gasteiger partial charge in [0.15, 0.2) is 0 Å². The number of carbonyl (C=O) groups is 2. The third-order valence-electron chi connectivity index (χ3n) is 4.19. The van der Waals surface area contributed by atoms with Crippen molar-refractivity contribution in [3.8, 4) is 5.75 Å². The number of ether oxygens (including phenoxy) is 1. The maximum absolute atomic E-state index is 12.4. The third kappa shape index (κ3) is 4.09. The Kier molecular flexibility index (Phi) is 4.61. The topological polar surface area (TPSA) is 79.5 Å². The van der Waals surface area contributed by atoms with Crippen molar-refractivity contribution in [2.45, 2.75) is 25.3 Å². The fourth-order valence-corrected chi connectivity index (χ4v) is 2.78. The van der Waals surface area contributed by atoms with Crippen molar-refractivity contribution in [2.75, 3.05) is 17.7 Å². The van der Waals surface area contributed by atoms with Crippen molar-refractivity contribution in [3.05, 3.63) is 54.1 Å². The molecule has 3 rings (SSSR count). The summed E-state index contributed by atoms with van der Waals surface area (Å²) in [6.45, 7) is 1.44. The predicted molar refractivity (Wildman–Crippen MR) is 96.8 cm³/mol. The lowest BCUT2D eigenvalue weighted by Gasteiger charge is -2.19. The number of amides is 3. The normalized spacial score (nSPS) is 14.3. The number of hydrogen-bond acceptors (Lipinski definition) is 3. The minimum Gasteiger partial charge on any atom is -0.497 e. The first-order chi connectivity index (χ1) is 12.0. The Morgan fingerprint density at radius 3 is 2.20 bits per heavy atom. The molecule has 6 nitrogen and oxygen atoms in total. The molecular formula is C19H21N3O3. The zero-order valence-corrected chi connectivity index (χ0v) is 14.3. The number of nitrogens with one attached hydrogen (secondary N) is 3. The van der Waals surface area contributed by atoms with Crippen molar-refractivity contribution in [1.29, 1.82) is 0 Å². The summed E-state index contributed by atoms with van der Waals surface area (Å²) in [7, 11) is 1.63. The van der Waals surface area contributed by atoms with Gasteiger partial charge in [-0.3, -0.25) is 4.79 Å². The second kappa shape index (κ2) is 6.84. The van der Waals surface area contributed by atoms with Crippen molar-refractivity contribution >= 4 is 23.3 Å². The van der Waals surface area contributed by atoms with E-state index in [2.05, 4.69) is 16.0 Å². The molecule has 25 heavy (non-hydrogen) atoms. The van der Waals surface area contributed by atoms with E-state index >= 15 is 0 Å². The van der Waals surface area contributed by atoms with E-state index in [-0.39, 0.29) is 17.5 Å². The highest BCUT2D eigenvalue weighted by Crippen LogP contribution is 2.45. The van der Waals surface area contributed by atoms with E-state index in [9.17, 15) is 9.59 Å². The quantitative estimate of drug-likeness (QED) is 0.780. The number of methoxy groups -OCH3 is 1. The Morgan fingerprint density at radius 1 is 1.00 bits per heavy atom. The molecular weight excluding hydrogens is 318 g/mol. The van der Waals surface area contributed by atoms with Gasteiger partial charge in [-0.15, -0.1) is 0 Å². The molecule has 3 amide bonds. The monoisotopic (exact) mass is 339 g/mol. The molecule has 0 aliphatic heterocycles.